The van der Waals surface area contributed by atoms with Gasteiger partial charge in [-0.05, 0) is 30.3 Å². The van der Waals surface area contributed by atoms with Gasteiger partial charge in [0.25, 0.3) is 5.60 Å². The van der Waals surface area contributed by atoms with Crippen LogP contribution in [0, 0.1) is 0 Å². The van der Waals surface area contributed by atoms with Crippen LogP contribution < -0.4 is 10.0 Å². The number of halogens is 6. The van der Waals surface area contributed by atoms with Crippen molar-refractivity contribution in [1.82, 2.24) is 9.97 Å². The molecule has 1 unspecified atom stereocenters. The van der Waals surface area contributed by atoms with Crippen LogP contribution in [-0.2, 0) is 16.6 Å². The van der Waals surface area contributed by atoms with Crippen LogP contribution in [0.25, 0.3) is 11.3 Å². The lowest BCUT2D eigenvalue weighted by molar-refractivity contribution is -0.376. The van der Waals surface area contributed by atoms with Gasteiger partial charge in [0.15, 0.2) is 0 Å². The molecule has 0 bridgehead atoms. The summed E-state index contributed by atoms with van der Waals surface area (Å²) in [4.78, 5) is 8.25. The zero-order valence-electron chi connectivity index (χ0n) is 16.7. The number of hydrogen-bond acceptors (Lipinski definition) is 5. The summed E-state index contributed by atoms with van der Waals surface area (Å²) in [7, 11) is -1.24. The lowest BCUT2D eigenvalue weighted by Crippen LogP contribution is -2.53. The number of aromatic nitrogens is 2. The molecule has 0 aliphatic carbocycles. The molecule has 2 aromatic carbocycles. The molecule has 3 N–H and O–H groups in total. The van der Waals surface area contributed by atoms with Gasteiger partial charge in [-0.1, -0.05) is 24.3 Å². The Hall–Kier alpha value is -3.19. The van der Waals surface area contributed by atoms with Gasteiger partial charge in [0.05, 0.1) is 5.69 Å². The van der Waals surface area contributed by atoms with Crippen molar-refractivity contribution < 1.29 is 35.7 Å². The third-order valence-corrected chi connectivity index (χ3v) is 5.00. The van der Waals surface area contributed by atoms with E-state index in [9.17, 15) is 35.7 Å². The maximum atomic E-state index is 13.0. The highest BCUT2D eigenvalue weighted by Crippen LogP contribution is 2.50. The third kappa shape index (κ3) is 5.25. The van der Waals surface area contributed by atoms with E-state index in [0.29, 0.717) is 29.1 Å². The van der Waals surface area contributed by atoms with E-state index in [1.54, 1.807) is 30.3 Å². The van der Waals surface area contributed by atoms with Crippen molar-refractivity contribution >= 4 is 28.3 Å². The van der Waals surface area contributed by atoms with Crippen LogP contribution >= 0.6 is 0 Å². The van der Waals surface area contributed by atoms with Crippen LogP contribution in [0.15, 0.2) is 60.8 Å². The van der Waals surface area contributed by atoms with Gasteiger partial charge < -0.3 is 15.1 Å². The number of nitrogens with zero attached hydrogens (tertiary/aromatic N) is 2. The molecular formula is C20H16F6N4O2S. The molecule has 1 aromatic heterocycles. The Balaban J connectivity index is 1.82. The minimum Gasteiger partial charge on any atom is -0.369 e. The molecule has 1 atom stereocenters. The van der Waals surface area contributed by atoms with Gasteiger partial charge >= 0.3 is 12.4 Å². The number of aliphatic hydroxyl groups is 1. The van der Waals surface area contributed by atoms with Gasteiger partial charge in [-0.2, -0.15) is 26.3 Å². The van der Waals surface area contributed by atoms with Crippen molar-refractivity contribution in [3.63, 3.8) is 0 Å². The molecule has 0 amide bonds. The Morgan fingerprint density at radius 1 is 0.848 bits per heavy atom. The molecule has 3 aromatic rings. The molecule has 0 aliphatic heterocycles. The lowest BCUT2D eigenvalue weighted by atomic mass is 9.92. The quantitative estimate of drug-likeness (QED) is 0.428. The van der Waals surface area contributed by atoms with Crippen LogP contribution in [0.2, 0.25) is 0 Å². The maximum Gasteiger partial charge on any atom is 0.430 e. The van der Waals surface area contributed by atoms with Crippen LogP contribution in [0.1, 0.15) is 5.56 Å². The standard InChI is InChI=1S/C20H16F6N4O2S/c1-33(32)30-15-6-2-12(3-7-15)16-10-11-27-17(29-16)28-14-8-4-13(5-9-14)18(31,19(21,22)23)20(24,25)26/h2-11,30-31H,1H3,(H,27,28,29). The largest absolute Gasteiger partial charge is 0.430 e. The van der Waals surface area contributed by atoms with Crippen molar-refractivity contribution in [2.24, 2.45) is 0 Å². The predicted molar refractivity (Wildman–Crippen MR) is 111 cm³/mol. The summed E-state index contributed by atoms with van der Waals surface area (Å²) in [5.41, 5.74) is -4.47. The van der Waals surface area contributed by atoms with Crippen LogP contribution in [0.3, 0.4) is 0 Å². The van der Waals surface area contributed by atoms with Crippen molar-refractivity contribution in [1.29, 1.82) is 0 Å². The summed E-state index contributed by atoms with van der Waals surface area (Å²) < 4.78 is 91.9. The smallest absolute Gasteiger partial charge is 0.369 e. The van der Waals surface area contributed by atoms with E-state index < -0.39 is 34.5 Å². The summed E-state index contributed by atoms with van der Waals surface area (Å²) in [6, 6.07) is 11.3. The Morgan fingerprint density at radius 2 is 1.39 bits per heavy atom. The maximum absolute atomic E-state index is 13.0. The number of nitrogens with one attached hydrogen (secondary N) is 2. The number of rotatable bonds is 6. The van der Waals surface area contributed by atoms with E-state index in [1.807, 2.05) is 0 Å². The Morgan fingerprint density at radius 3 is 1.91 bits per heavy atom. The Kier molecular flexibility index (Phi) is 6.65. The fourth-order valence-corrected chi connectivity index (χ4v) is 3.33. The Labute approximate surface area is 186 Å². The molecule has 13 heteroatoms. The molecule has 176 valence electrons. The van der Waals surface area contributed by atoms with E-state index in [4.69, 9.17) is 0 Å². The van der Waals surface area contributed by atoms with E-state index in [0.717, 1.165) is 12.1 Å². The first-order valence-electron chi connectivity index (χ1n) is 9.08. The highest BCUT2D eigenvalue weighted by Gasteiger charge is 2.71. The number of hydrogen-bond donors (Lipinski definition) is 3. The second-order valence-corrected chi connectivity index (χ2v) is 7.92. The topological polar surface area (TPSA) is 87.1 Å². The molecule has 0 saturated carbocycles. The normalized spacial score (nSPS) is 13.5. The van der Waals surface area contributed by atoms with Crippen molar-refractivity contribution in [3.8, 4) is 11.3 Å². The lowest BCUT2D eigenvalue weighted by Gasteiger charge is -2.32. The van der Waals surface area contributed by atoms with E-state index in [1.165, 1.54) is 12.5 Å². The van der Waals surface area contributed by atoms with Gasteiger partial charge in [0.2, 0.25) is 5.95 Å². The van der Waals surface area contributed by atoms with Crippen LogP contribution in [-0.4, -0.2) is 37.9 Å². The second-order valence-electron chi connectivity index (χ2n) is 6.81. The predicted octanol–water partition coefficient (Wildman–Crippen LogP) is 4.90. The molecule has 0 radical (unpaired) electrons. The zero-order valence-corrected chi connectivity index (χ0v) is 17.5. The van der Waals surface area contributed by atoms with Crippen LogP contribution in [0.5, 0.6) is 0 Å². The number of benzene rings is 2. The molecule has 0 fully saturated rings. The molecule has 0 saturated heterocycles. The first-order valence-corrected chi connectivity index (χ1v) is 10.6. The minimum atomic E-state index is -5.96. The van der Waals surface area contributed by atoms with Gasteiger partial charge in [-0.15, -0.1) is 0 Å². The first kappa shape index (κ1) is 24.5. The minimum absolute atomic E-state index is 0.0408. The molecule has 0 aliphatic rings. The van der Waals surface area contributed by atoms with E-state index >= 15 is 0 Å². The molecule has 1 heterocycles. The third-order valence-electron chi connectivity index (χ3n) is 4.48. The molecule has 0 spiro atoms. The van der Waals surface area contributed by atoms with E-state index in [2.05, 4.69) is 20.0 Å². The summed E-state index contributed by atoms with van der Waals surface area (Å²) in [5.74, 6) is 0.0408. The molecule has 6 nitrogen and oxygen atoms in total. The molecule has 33 heavy (non-hydrogen) atoms. The fraction of sp³-hybridized carbons (Fsp3) is 0.200. The van der Waals surface area contributed by atoms with Crippen LogP contribution in [0.4, 0.5) is 43.7 Å². The second kappa shape index (κ2) is 8.98. The van der Waals surface area contributed by atoms with Crippen molar-refractivity contribution in [3.05, 3.63) is 66.4 Å². The average Bonchev–Trinajstić information content (AvgIpc) is 2.72. The Bertz CT molecular complexity index is 1120. The van der Waals surface area contributed by atoms with Gasteiger partial charge in [-0.3, -0.25) is 0 Å². The summed E-state index contributed by atoms with van der Waals surface area (Å²) in [5, 5.41) is 12.1. The monoisotopic (exact) mass is 490 g/mol. The zero-order chi connectivity index (χ0) is 24.4. The van der Waals surface area contributed by atoms with Gasteiger partial charge in [0.1, 0.15) is 11.0 Å². The average molecular weight is 490 g/mol. The van der Waals surface area contributed by atoms with Gasteiger partial charge in [0, 0.05) is 35.0 Å². The molecule has 3 rings (SSSR count). The SMILES string of the molecule is CS(=O)Nc1ccc(-c2ccnc(Nc3ccc(C(O)(C(F)(F)F)C(F)(F)F)cc3)n2)cc1. The summed E-state index contributed by atoms with van der Waals surface area (Å²) >= 11 is 0. The van der Waals surface area contributed by atoms with E-state index in [-0.39, 0.29) is 11.6 Å². The highest BCUT2D eigenvalue weighted by molar-refractivity contribution is 7.85. The number of anilines is 3. The summed E-state index contributed by atoms with van der Waals surface area (Å²) in [6.07, 6.45) is -9.03. The highest BCUT2D eigenvalue weighted by atomic mass is 32.2. The summed E-state index contributed by atoms with van der Waals surface area (Å²) in [6.45, 7) is 0. The fourth-order valence-electron chi connectivity index (χ4n) is 2.87. The first-order chi connectivity index (χ1) is 15.3. The number of alkyl halides is 6. The van der Waals surface area contributed by atoms with Gasteiger partial charge in [-0.25, -0.2) is 14.2 Å². The van der Waals surface area contributed by atoms with Crippen molar-refractivity contribution in [2.45, 2.75) is 18.0 Å². The van der Waals surface area contributed by atoms with Crippen molar-refractivity contribution in [2.75, 3.05) is 16.3 Å². The molecular weight excluding hydrogens is 474 g/mol.